The van der Waals surface area contributed by atoms with Crippen molar-refractivity contribution in [3.8, 4) is 5.75 Å². The van der Waals surface area contributed by atoms with E-state index in [1.807, 2.05) is 12.1 Å². The van der Waals surface area contributed by atoms with Crippen molar-refractivity contribution in [2.75, 3.05) is 13.7 Å². The highest BCUT2D eigenvalue weighted by Crippen LogP contribution is 2.14. The third kappa shape index (κ3) is 7.07. The van der Waals surface area contributed by atoms with E-state index in [-0.39, 0.29) is 24.2 Å². The summed E-state index contributed by atoms with van der Waals surface area (Å²) < 4.78 is 23.5. The smallest absolute Gasteiger partial charge is 0.245 e. The van der Waals surface area contributed by atoms with Crippen molar-refractivity contribution in [1.29, 1.82) is 0 Å². The Morgan fingerprint density at radius 2 is 1.67 bits per heavy atom. The van der Waals surface area contributed by atoms with Crippen LogP contribution in [0.3, 0.4) is 0 Å². The Morgan fingerprint density at radius 3 is 2.26 bits per heavy atom. The lowest BCUT2D eigenvalue weighted by atomic mass is 10.2. The quantitative estimate of drug-likeness (QED) is 0.705. The van der Waals surface area contributed by atoms with Crippen molar-refractivity contribution in [3.63, 3.8) is 0 Å². The Kier molecular flexibility index (Phi) is 7.76. The highest BCUT2D eigenvalue weighted by molar-refractivity contribution is 5.86. The molecule has 144 valence electrons. The van der Waals surface area contributed by atoms with Gasteiger partial charge >= 0.3 is 0 Å². The molecule has 2 rings (SSSR count). The molecule has 0 aliphatic carbocycles. The lowest BCUT2D eigenvalue weighted by molar-refractivity contribution is -0.129. The normalized spacial score (nSPS) is 11.5. The van der Waals surface area contributed by atoms with E-state index < -0.39 is 6.04 Å². The van der Waals surface area contributed by atoms with Gasteiger partial charge in [0.2, 0.25) is 11.8 Å². The summed E-state index contributed by atoms with van der Waals surface area (Å²) in [5, 5.41) is 5.30. The van der Waals surface area contributed by atoms with Crippen LogP contribution in [0.25, 0.3) is 0 Å². The molecule has 0 spiro atoms. The third-order valence-electron chi connectivity index (χ3n) is 3.74. The molecule has 2 amide bonds. The minimum absolute atomic E-state index is 0.0988. The van der Waals surface area contributed by atoms with Crippen molar-refractivity contribution in [2.24, 2.45) is 0 Å². The van der Waals surface area contributed by atoms with Crippen molar-refractivity contribution in [3.05, 3.63) is 65.5 Å². The lowest BCUT2D eigenvalue weighted by Gasteiger charge is -2.16. The van der Waals surface area contributed by atoms with Gasteiger partial charge in [0.15, 0.2) is 0 Å². The van der Waals surface area contributed by atoms with Crippen LogP contribution in [0.1, 0.15) is 18.1 Å². The number of hydrogen-bond donors (Lipinski definition) is 2. The predicted molar refractivity (Wildman–Crippen MR) is 98.5 cm³/mol. The van der Waals surface area contributed by atoms with Crippen LogP contribution in [0, 0.1) is 5.82 Å². The van der Waals surface area contributed by atoms with Gasteiger partial charge in [-0.15, -0.1) is 0 Å². The van der Waals surface area contributed by atoms with Crippen LogP contribution in [0.2, 0.25) is 0 Å². The Hall–Kier alpha value is -2.93. The molecule has 0 aliphatic heterocycles. The number of carbonyl (C=O) groups is 2. The van der Waals surface area contributed by atoms with Crippen molar-refractivity contribution in [2.45, 2.75) is 26.1 Å². The summed E-state index contributed by atoms with van der Waals surface area (Å²) in [7, 11) is 1.47. The molecule has 0 unspecified atom stereocenters. The molecule has 2 aromatic rings. The van der Waals surface area contributed by atoms with E-state index in [9.17, 15) is 14.0 Å². The van der Waals surface area contributed by atoms with Gasteiger partial charge in [0.05, 0.1) is 6.61 Å². The molecule has 6 nitrogen and oxygen atoms in total. The molecular formula is C20H23FN2O4. The SMILES string of the molecule is COC[C@@H](NC(C)=O)C(=O)NCc1ccc(OCc2ccc(F)cc2)cc1. The number of hydrogen-bond acceptors (Lipinski definition) is 4. The molecule has 0 radical (unpaired) electrons. The van der Waals surface area contributed by atoms with E-state index in [4.69, 9.17) is 9.47 Å². The van der Waals surface area contributed by atoms with E-state index in [1.54, 1.807) is 24.3 Å². The molecule has 0 saturated carbocycles. The van der Waals surface area contributed by atoms with E-state index in [1.165, 1.54) is 26.2 Å². The molecule has 1 atom stereocenters. The molecule has 0 heterocycles. The molecule has 7 heteroatoms. The first-order valence-electron chi connectivity index (χ1n) is 8.48. The molecule has 27 heavy (non-hydrogen) atoms. The maximum Gasteiger partial charge on any atom is 0.245 e. The largest absolute Gasteiger partial charge is 0.489 e. The van der Waals surface area contributed by atoms with Gasteiger partial charge in [-0.05, 0) is 35.4 Å². The lowest BCUT2D eigenvalue weighted by Crippen LogP contribution is -2.48. The average molecular weight is 374 g/mol. The first-order chi connectivity index (χ1) is 13.0. The fourth-order valence-electron chi connectivity index (χ4n) is 2.36. The summed E-state index contributed by atoms with van der Waals surface area (Å²) in [6, 6.07) is 12.7. The molecule has 0 saturated heterocycles. The maximum absolute atomic E-state index is 12.9. The van der Waals surface area contributed by atoms with Crippen LogP contribution in [-0.4, -0.2) is 31.6 Å². The Labute approximate surface area is 157 Å². The molecule has 2 N–H and O–H groups in total. The Balaban J connectivity index is 1.83. The zero-order chi connectivity index (χ0) is 19.6. The molecule has 0 aromatic heterocycles. The Morgan fingerprint density at radius 1 is 1.04 bits per heavy atom. The summed E-state index contributed by atoms with van der Waals surface area (Å²) in [5.74, 6) is -0.222. The van der Waals surface area contributed by atoms with E-state index in [0.29, 0.717) is 18.9 Å². The van der Waals surface area contributed by atoms with Gasteiger partial charge in [-0.3, -0.25) is 9.59 Å². The second-order valence-corrected chi connectivity index (χ2v) is 5.99. The number of methoxy groups -OCH3 is 1. The summed E-state index contributed by atoms with van der Waals surface area (Å²) >= 11 is 0. The second-order valence-electron chi connectivity index (χ2n) is 5.99. The molecular weight excluding hydrogens is 351 g/mol. The molecule has 0 aliphatic rings. The van der Waals surface area contributed by atoms with E-state index in [0.717, 1.165) is 11.1 Å². The number of ether oxygens (including phenoxy) is 2. The summed E-state index contributed by atoms with van der Waals surface area (Å²) in [5.41, 5.74) is 1.76. The number of benzene rings is 2. The third-order valence-corrected chi connectivity index (χ3v) is 3.74. The second kappa shape index (κ2) is 10.3. The van der Waals surface area contributed by atoms with Crippen LogP contribution in [-0.2, 0) is 27.5 Å². The average Bonchev–Trinajstić information content (AvgIpc) is 2.66. The first-order valence-corrected chi connectivity index (χ1v) is 8.48. The van der Waals surface area contributed by atoms with Gasteiger partial charge in [-0.25, -0.2) is 4.39 Å². The Bertz CT molecular complexity index is 748. The number of nitrogens with one attached hydrogen (secondary N) is 2. The van der Waals surface area contributed by atoms with Gasteiger partial charge in [-0.1, -0.05) is 24.3 Å². The standard InChI is InChI=1S/C20H23FN2O4/c1-14(24)23-19(13-26-2)20(25)22-11-15-5-9-18(10-6-15)27-12-16-3-7-17(21)8-4-16/h3-10,19H,11-13H2,1-2H3,(H,22,25)(H,23,24)/t19-/m1/s1. The van der Waals surface area contributed by atoms with E-state index in [2.05, 4.69) is 10.6 Å². The first kappa shape index (κ1) is 20.4. The summed E-state index contributed by atoms with van der Waals surface area (Å²) in [4.78, 5) is 23.3. The zero-order valence-electron chi connectivity index (χ0n) is 15.3. The van der Waals surface area contributed by atoms with Crippen LogP contribution >= 0.6 is 0 Å². The topological polar surface area (TPSA) is 76.7 Å². The van der Waals surface area contributed by atoms with E-state index >= 15 is 0 Å². The number of amides is 2. The number of rotatable bonds is 9. The molecule has 0 fully saturated rings. The van der Waals surface area contributed by atoms with Crippen molar-refractivity contribution < 1.29 is 23.5 Å². The van der Waals surface area contributed by atoms with Gasteiger partial charge in [0, 0.05) is 20.6 Å². The fourth-order valence-corrected chi connectivity index (χ4v) is 2.36. The summed E-state index contributed by atoms with van der Waals surface area (Å²) in [6.45, 7) is 2.10. The minimum atomic E-state index is -0.731. The van der Waals surface area contributed by atoms with Crippen LogP contribution < -0.4 is 15.4 Å². The monoisotopic (exact) mass is 374 g/mol. The van der Waals surface area contributed by atoms with Crippen molar-refractivity contribution in [1.82, 2.24) is 10.6 Å². The van der Waals surface area contributed by atoms with Gasteiger partial charge in [-0.2, -0.15) is 0 Å². The predicted octanol–water partition coefficient (Wildman–Crippen LogP) is 2.17. The van der Waals surface area contributed by atoms with Crippen LogP contribution in [0.15, 0.2) is 48.5 Å². The van der Waals surface area contributed by atoms with Crippen molar-refractivity contribution >= 4 is 11.8 Å². The fraction of sp³-hybridized carbons (Fsp3) is 0.300. The highest BCUT2D eigenvalue weighted by atomic mass is 19.1. The summed E-state index contributed by atoms with van der Waals surface area (Å²) in [6.07, 6.45) is 0. The molecule has 2 aromatic carbocycles. The minimum Gasteiger partial charge on any atom is -0.489 e. The van der Waals surface area contributed by atoms with Crippen LogP contribution in [0.4, 0.5) is 4.39 Å². The molecule has 0 bridgehead atoms. The number of halogens is 1. The number of carbonyl (C=O) groups excluding carboxylic acids is 2. The maximum atomic E-state index is 12.9. The van der Waals surface area contributed by atoms with Gasteiger partial charge in [0.25, 0.3) is 0 Å². The highest BCUT2D eigenvalue weighted by Gasteiger charge is 2.18. The zero-order valence-corrected chi connectivity index (χ0v) is 15.3. The van der Waals surface area contributed by atoms with Gasteiger partial charge < -0.3 is 20.1 Å². The van der Waals surface area contributed by atoms with Crippen LogP contribution in [0.5, 0.6) is 5.75 Å². The van der Waals surface area contributed by atoms with Gasteiger partial charge in [0.1, 0.15) is 24.2 Å².